The molecule has 3 heteroatoms. The molecule has 0 aromatic heterocycles. The fraction of sp³-hybridized carbons (Fsp3) is 0.889. The van der Waals surface area contributed by atoms with E-state index in [1.165, 1.54) is 0 Å². The summed E-state index contributed by atoms with van der Waals surface area (Å²) in [6.45, 7) is 6.99. The molecular formula is C9H18N2O. The maximum Gasteiger partial charge on any atom is 0.220 e. The quantitative estimate of drug-likeness (QED) is 0.556. The van der Waals surface area contributed by atoms with E-state index in [1.807, 2.05) is 13.8 Å². The SMILES string of the molecule is CC.O=C1CC2(CCNC2)CN1. The van der Waals surface area contributed by atoms with Crippen LogP contribution in [0.4, 0.5) is 0 Å². The first-order valence-electron chi connectivity index (χ1n) is 4.78. The van der Waals surface area contributed by atoms with Crippen LogP contribution in [0.5, 0.6) is 0 Å². The predicted molar refractivity (Wildman–Crippen MR) is 48.9 cm³/mol. The van der Waals surface area contributed by atoms with Crippen molar-refractivity contribution >= 4 is 5.91 Å². The first-order valence-corrected chi connectivity index (χ1v) is 4.78. The summed E-state index contributed by atoms with van der Waals surface area (Å²) in [5, 5.41) is 6.16. The fourth-order valence-electron chi connectivity index (χ4n) is 1.85. The second-order valence-electron chi connectivity index (χ2n) is 3.38. The number of carbonyl (C=O) groups is 1. The van der Waals surface area contributed by atoms with Crippen LogP contribution in [0.25, 0.3) is 0 Å². The molecule has 0 aromatic rings. The first kappa shape index (κ1) is 9.52. The molecule has 1 amide bonds. The third kappa shape index (κ3) is 1.78. The van der Waals surface area contributed by atoms with Gasteiger partial charge in [0.1, 0.15) is 0 Å². The van der Waals surface area contributed by atoms with E-state index in [2.05, 4.69) is 10.6 Å². The molecule has 12 heavy (non-hydrogen) atoms. The molecule has 2 N–H and O–H groups in total. The van der Waals surface area contributed by atoms with Crippen molar-refractivity contribution in [2.24, 2.45) is 5.41 Å². The minimum Gasteiger partial charge on any atom is -0.355 e. The summed E-state index contributed by atoms with van der Waals surface area (Å²) in [7, 11) is 0. The summed E-state index contributed by atoms with van der Waals surface area (Å²) in [6, 6.07) is 0. The van der Waals surface area contributed by atoms with Crippen molar-refractivity contribution in [2.45, 2.75) is 26.7 Å². The molecule has 2 aliphatic rings. The van der Waals surface area contributed by atoms with Crippen LogP contribution in [0.1, 0.15) is 26.7 Å². The minimum absolute atomic E-state index is 0.226. The molecule has 1 spiro atoms. The van der Waals surface area contributed by atoms with Gasteiger partial charge < -0.3 is 10.6 Å². The Hall–Kier alpha value is -0.570. The number of hydrogen-bond donors (Lipinski definition) is 2. The Morgan fingerprint density at radius 3 is 2.50 bits per heavy atom. The Balaban J connectivity index is 0.000000336. The molecule has 0 aliphatic carbocycles. The molecule has 0 bridgehead atoms. The Kier molecular flexibility index (Phi) is 3.09. The van der Waals surface area contributed by atoms with Crippen LogP contribution in [0.3, 0.4) is 0 Å². The molecular weight excluding hydrogens is 152 g/mol. The van der Waals surface area contributed by atoms with Gasteiger partial charge in [-0.15, -0.1) is 0 Å². The van der Waals surface area contributed by atoms with Gasteiger partial charge in [-0.1, -0.05) is 13.8 Å². The zero-order valence-electron chi connectivity index (χ0n) is 7.94. The van der Waals surface area contributed by atoms with Gasteiger partial charge in [-0.2, -0.15) is 0 Å². The second-order valence-corrected chi connectivity index (χ2v) is 3.38. The second kappa shape index (κ2) is 3.90. The number of amides is 1. The molecule has 0 saturated carbocycles. The Bertz CT molecular complexity index is 162. The predicted octanol–water partition coefficient (Wildman–Crippen LogP) is 0.512. The summed E-state index contributed by atoms with van der Waals surface area (Å²) in [4.78, 5) is 10.9. The van der Waals surface area contributed by atoms with Crippen molar-refractivity contribution in [1.29, 1.82) is 0 Å². The van der Waals surface area contributed by atoms with Crippen LogP contribution >= 0.6 is 0 Å². The van der Waals surface area contributed by atoms with E-state index in [0.717, 1.165) is 32.5 Å². The smallest absolute Gasteiger partial charge is 0.220 e. The lowest BCUT2D eigenvalue weighted by Crippen LogP contribution is -2.26. The normalized spacial score (nSPS) is 33.0. The zero-order chi connectivity index (χ0) is 9.03. The molecule has 2 saturated heterocycles. The van der Waals surface area contributed by atoms with E-state index in [9.17, 15) is 4.79 Å². The Morgan fingerprint density at radius 1 is 1.33 bits per heavy atom. The number of nitrogens with one attached hydrogen (secondary N) is 2. The summed E-state index contributed by atoms with van der Waals surface area (Å²) < 4.78 is 0. The third-order valence-electron chi connectivity index (χ3n) is 2.53. The largest absolute Gasteiger partial charge is 0.355 e. The average molecular weight is 170 g/mol. The van der Waals surface area contributed by atoms with E-state index in [-0.39, 0.29) is 11.3 Å². The Morgan fingerprint density at radius 2 is 2.08 bits per heavy atom. The molecule has 2 rings (SSSR count). The van der Waals surface area contributed by atoms with E-state index in [1.54, 1.807) is 0 Å². The van der Waals surface area contributed by atoms with Crippen molar-refractivity contribution in [3.63, 3.8) is 0 Å². The summed E-state index contributed by atoms with van der Waals surface area (Å²) >= 11 is 0. The summed E-state index contributed by atoms with van der Waals surface area (Å²) in [5.74, 6) is 0.226. The molecule has 2 heterocycles. The van der Waals surface area contributed by atoms with Crippen LogP contribution in [0, 0.1) is 5.41 Å². The Labute approximate surface area is 73.9 Å². The lowest BCUT2D eigenvalue weighted by Gasteiger charge is -2.17. The van der Waals surface area contributed by atoms with E-state index in [4.69, 9.17) is 0 Å². The van der Waals surface area contributed by atoms with Crippen LogP contribution in [-0.4, -0.2) is 25.5 Å². The van der Waals surface area contributed by atoms with E-state index in [0.29, 0.717) is 0 Å². The lowest BCUT2D eigenvalue weighted by atomic mass is 9.86. The summed E-state index contributed by atoms with van der Waals surface area (Å²) in [5.41, 5.74) is 0.289. The van der Waals surface area contributed by atoms with Gasteiger partial charge in [-0.05, 0) is 13.0 Å². The van der Waals surface area contributed by atoms with Crippen LogP contribution in [-0.2, 0) is 4.79 Å². The zero-order valence-corrected chi connectivity index (χ0v) is 7.94. The standard InChI is InChI=1S/C7H12N2O.C2H6/c10-6-3-7(5-9-6)1-2-8-4-7;1-2/h8H,1-5H2,(H,9,10);1-2H3. The van der Waals surface area contributed by atoms with E-state index < -0.39 is 0 Å². The molecule has 2 aliphatic heterocycles. The number of hydrogen-bond acceptors (Lipinski definition) is 2. The average Bonchev–Trinajstić information content (AvgIpc) is 2.68. The molecule has 1 atom stereocenters. The minimum atomic E-state index is 0.226. The molecule has 0 aromatic carbocycles. The van der Waals surface area contributed by atoms with Gasteiger partial charge in [-0.3, -0.25) is 4.79 Å². The van der Waals surface area contributed by atoms with Crippen LogP contribution < -0.4 is 10.6 Å². The highest BCUT2D eigenvalue weighted by atomic mass is 16.1. The van der Waals surface area contributed by atoms with Gasteiger partial charge >= 0.3 is 0 Å². The maximum absolute atomic E-state index is 10.9. The maximum atomic E-state index is 10.9. The van der Waals surface area contributed by atoms with Crippen molar-refractivity contribution in [1.82, 2.24) is 10.6 Å². The highest BCUT2D eigenvalue weighted by Gasteiger charge is 2.40. The topological polar surface area (TPSA) is 41.1 Å². The van der Waals surface area contributed by atoms with Crippen molar-refractivity contribution in [3.05, 3.63) is 0 Å². The van der Waals surface area contributed by atoms with Crippen molar-refractivity contribution < 1.29 is 4.79 Å². The van der Waals surface area contributed by atoms with Gasteiger partial charge in [0.05, 0.1) is 0 Å². The molecule has 0 radical (unpaired) electrons. The van der Waals surface area contributed by atoms with Gasteiger partial charge in [0.2, 0.25) is 5.91 Å². The molecule has 70 valence electrons. The molecule has 2 fully saturated rings. The molecule has 1 unspecified atom stereocenters. The number of carbonyl (C=O) groups excluding carboxylic acids is 1. The van der Waals surface area contributed by atoms with Crippen LogP contribution in [0.2, 0.25) is 0 Å². The van der Waals surface area contributed by atoms with Crippen LogP contribution in [0.15, 0.2) is 0 Å². The number of rotatable bonds is 0. The van der Waals surface area contributed by atoms with Gasteiger partial charge in [-0.25, -0.2) is 0 Å². The first-order chi connectivity index (χ1) is 5.81. The fourth-order valence-corrected chi connectivity index (χ4v) is 1.85. The van der Waals surface area contributed by atoms with Gasteiger partial charge in [0, 0.05) is 24.9 Å². The lowest BCUT2D eigenvalue weighted by molar-refractivity contribution is -0.119. The molecule has 3 nitrogen and oxygen atoms in total. The van der Waals surface area contributed by atoms with E-state index >= 15 is 0 Å². The van der Waals surface area contributed by atoms with Gasteiger partial charge in [0.15, 0.2) is 0 Å². The summed E-state index contributed by atoms with van der Waals surface area (Å²) in [6.07, 6.45) is 1.89. The monoisotopic (exact) mass is 170 g/mol. The highest BCUT2D eigenvalue weighted by molar-refractivity contribution is 5.79. The highest BCUT2D eigenvalue weighted by Crippen LogP contribution is 2.31. The third-order valence-corrected chi connectivity index (χ3v) is 2.53. The van der Waals surface area contributed by atoms with Crippen molar-refractivity contribution in [2.75, 3.05) is 19.6 Å². The van der Waals surface area contributed by atoms with Crippen molar-refractivity contribution in [3.8, 4) is 0 Å². The van der Waals surface area contributed by atoms with Gasteiger partial charge in [0.25, 0.3) is 0 Å².